The van der Waals surface area contributed by atoms with Gasteiger partial charge in [0, 0.05) is 16.4 Å². The SMILES string of the molecule is CCNc1c(N)cnc2c(Br)cccc12. The first-order chi connectivity index (χ1) is 7.24. The summed E-state index contributed by atoms with van der Waals surface area (Å²) in [6, 6.07) is 5.97. The molecule has 2 aromatic rings. The molecule has 0 bridgehead atoms. The Kier molecular flexibility index (Phi) is 2.77. The Morgan fingerprint density at radius 1 is 1.47 bits per heavy atom. The topological polar surface area (TPSA) is 50.9 Å². The second-order valence-electron chi connectivity index (χ2n) is 3.25. The van der Waals surface area contributed by atoms with Crippen molar-refractivity contribution in [3.63, 3.8) is 0 Å². The minimum absolute atomic E-state index is 0.683. The number of nitrogen functional groups attached to an aromatic ring is 1. The predicted octanol–water partition coefficient (Wildman–Crippen LogP) is 3.01. The highest BCUT2D eigenvalue weighted by Crippen LogP contribution is 2.31. The van der Waals surface area contributed by atoms with Crippen LogP contribution < -0.4 is 11.1 Å². The third-order valence-corrected chi connectivity index (χ3v) is 2.87. The van der Waals surface area contributed by atoms with E-state index in [-0.39, 0.29) is 0 Å². The number of halogens is 1. The van der Waals surface area contributed by atoms with E-state index in [0.717, 1.165) is 27.6 Å². The summed E-state index contributed by atoms with van der Waals surface area (Å²) in [6.07, 6.45) is 1.69. The molecule has 3 nitrogen and oxygen atoms in total. The molecule has 4 heteroatoms. The standard InChI is InChI=1S/C11H12BrN3/c1-2-14-11-7-4-3-5-8(12)10(7)15-6-9(11)13/h3-6H,2,13H2,1H3,(H,14,15). The Bertz CT molecular complexity index is 496. The smallest absolute Gasteiger partial charge is 0.0866 e. The van der Waals surface area contributed by atoms with Gasteiger partial charge in [0.25, 0.3) is 0 Å². The lowest BCUT2D eigenvalue weighted by Gasteiger charge is -2.10. The molecular formula is C11H12BrN3. The van der Waals surface area contributed by atoms with E-state index >= 15 is 0 Å². The van der Waals surface area contributed by atoms with E-state index in [1.807, 2.05) is 25.1 Å². The fraction of sp³-hybridized carbons (Fsp3) is 0.182. The largest absolute Gasteiger partial charge is 0.396 e. The van der Waals surface area contributed by atoms with Crippen molar-refractivity contribution in [2.75, 3.05) is 17.6 Å². The second kappa shape index (κ2) is 4.06. The van der Waals surface area contributed by atoms with Gasteiger partial charge in [-0.3, -0.25) is 4.98 Å². The second-order valence-corrected chi connectivity index (χ2v) is 4.11. The lowest BCUT2D eigenvalue weighted by molar-refractivity contribution is 1.21. The molecule has 0 spiro atoms. The molecule has 1 heterocycles. The molecule has 78 valence electrons. The van der Waals surface area contributed by atoms with Crippen LogP contribution in [0.25, 0.3) is 10.9 Å². The zero-order valence-electron chi connectivity index (χ0n) is 8.42. The summed E-state index contributed by atoms with van der Waals surface area (Å²) in [5.74, 6) is 0. The number of anilines is 2. The van der Waals surface area contributed by atoms with E-state index in [1.54, 1.807) is 6.20 Å². The van der Waals surface area contributed by atoms with Gasteiger partial charge in [-0.25, -0.2) is 0 Å². The van der Waals surface area contributed by atoms with Crippen molar-refractivity contribution >= 4 is 38.2 Å². The Balaban J connectivity index is 2.75. The molecule has 0 radical (unpaired) electrons. The minimum atomic E-state index is 0.683. The Morgan fingerprint density at radius 3 is 3.00 bits per heavy atom. The van der Waals surface area contributed by atoms with Crippen molar-refractivity contribution in [3.05, 3.63) is 28.9 Å². The molecule has 0 aliphatic heterocycles. The number of hydrogen-bond donors (Lipinski definition) is 2. The molecule has 0 fully saturated rings. The lowest BCUT2D eigenvalue weighted by Crippen LogP contribution is -2.02. The van der Waals surface area contributed by atoms with Crippen LogP contribution in [0.4, 0.5) is 11.4 Å². The van der Waals surface area contributed by atoms with Crippen molar-refractivity contribution in [1.82, 2.24) is 4.98 Å². The molecule has 0 atom stereocenters. The molecule has 2 rings (SSSR count). The number of rotatable bonds is 2. The highest BCUT2D eigenvalue weighted by atomic mass is 79.9. The van der Waals surface area contributed by atoms with Gasteiger partial charge in [0.1, 0.15) is 0 Å². The van der Waals surface area contributed by atoms with Gasteiger partial charge in [-0.2, -0.15) is 0 Å². The van der Waals surface area contributed by atoms with E-state index in [1.165, 1.54) is 0 Å². The monoisotopic (exact) mass is 265 g/mol. The van der Waals surface area contributed by atoms with Gasteiger partial charge < -0.3 is 11.1 Å². The van der Waals surface area contributed by atoms with Crippen molar-refractivity contribution in [3.8, 4) is 0 Å². The molecule has 15 heavy (non-hydrogen) atoms. The summed E-state index contributed by atoms with van der Waals surface area (Å²) < 4.78 is 0.985. The molecule has 1 aromatic heterocycles. The number of benzene rings is 1. The maximum absolute atomic E-state index is 5.88. The Labute approximate surface area is 96.8 Å². The van der Waals surface area contributed by atoms with Crippen LogP contribution in [0.1, 0.15) is 6.92 Å². The maximum Gasteiger partial charge on any atom is 0.0866 e. The zero-order chi connectivity index (χ0) is 10.8. The summed E-state index contributed by atoms with van der Waals surface area (Å²) in [4.78, 5) is 4.31. The molecule has 3 N–H and O–H groups in total. The number of pyridine rings is 1. The lowest BCUT2D eigenvalue weighted by atomic mass is 10.1. The number of fused-ring (bicyclic) bond motifs is 1. The average molecular weight is 266 g/mol. The third kappa shape index (κ3) is 1.77. The predicted molar refractivity (Wildman–Crippen MR) is 68.0 cm³/mol. The Morgan fingerprint density at radius 2 is 2.27 bits per heavy atom. The minimum Gasteiger partial charge on any atom is -0.396 e. The first kappa shape index (κ1) is 10.2. The third-order valence-electron chi connectivity index (χ3n) is 2.23. The maximum atomic E-state index is 5.88. The van der Waals surface area contributed by atoms with Gasteiger partial charge in [-0.1, -0.05) is 12.1 Å². The van der Waals surface area contributed by atoms with Crippen LogP contribution >= 0.6 is 15.9 Å². The van der Waals surface area contributed by atoms with Crippen LogP contribution in [0.15, 0.2) is 28.9 Å². The van der Waals surface area contributed by atoms with Crippen molar-refractivity contribution in [2.45, 2.75) is 6.92 Å². The van der Waals surface area contributed by atoms with E-state index < -0.39 is 0 Å². The van der Waals surface area contributed by atoms with E-state index in [4.69, 9.17) is 5.73 Å². The zero-order valence-corrected chi connectivity index (χ0v) is 10.0. The number of hydrogen-bond acceptors (Lipinski definition) is 3. The van der Waals surface area contributed by atoms with Gasteiger partial charge in [0.15, 0.2) is 0 Å². The highest BCUT2D eigenvalue weighted by molar-refractivity contribution is 9.10. The fourth-order valence-corrected chi connectivity index (χ4v) is 2.05. The van der Waals surface area contributed by atoms with Crippen LogP contribution in [-0.4, -0.2) is 11.5 Å². The van der Waals surface area contributed by atoms with E-state index in [0.29, 0.717) is 5.69 Å². The van der Waals surface area contributed by atoms with Gasteiger partial charge in [-0.15, -0.1) is 0 Å². The summed E-state index contributed by atoms with van der Waals surface area (Å²) in [7, 11) is 0. The first-order valence-electron chi connectivity index (χ1n) is 4.80. The quantitative estimate of drug-likeness (QED) is 0.878. The molecule has 0 aliphatic carbocycles. The van der Waals surface area contributed by atoms with Gasteiger partial charge in [-0.05, 0) is 28.9 Å². The average Bonchev–Trinajstić information content (AvgIpc) is 2.23. The number of aromatic nitrogens is 1. The summed E-state index contributed by atoms with van der Waals surface area (Å²) >= 11 is 3.48. The molecule has 0 saturated heterocycles. The highest BCUT2D eigenvalue weighted by Gasteiger charge is 2.07. The van der Waals surface area contributed by atoms with Gasteiger partial charge >= 0.3 is 0 Å². The number of nitrogens with one attached hydrogen (secondary N) is 1. The molecule has 0 amide bonds. The number of nitrogens with two attached hydrogens (primary N) is 1. The van der Waals surface area contributed by atoms with Gasteiger partial charge in [0.2, 0.25) is 0 Å². The summed E-state index contributed by atoms with van der Waals surface area (Å²) in [6.45, 7) is 2.89. The number of nitrogens with zero attached hydrogens (tertiary/aromatic N) is 1. The summed E-state index contributed by atoms with van der Waals surface area (Å²) in [5, 5.41) is 4.31. The van der Waals surface area contributed by atoms with Crippen molar-refractivity contribution in [2.24, 2.45) is 0 Å². The van der Waals surface area contributed by atoms with Crippen molar-refractivity contribution < 1.29 is 0 Å². The molecule has 0 saturated carbocycles. The molecule has 0 unspecified atom stereocenters. The van der Waals surface area contributed by atoms with Crippen LogP contribution in [0, 0.1) is 0 Å². The normalized spacial score (nSPS) is 10.5. The van der Waals surface area contributed by atoms with Crippen molar-refractivity contribution in [1.29, 1.82) is 0 Å². The summed E-state index contributed by atoms with van der Waals surface area (Å²) in [5.41, 5.74) is 8.46. The van der Waals surface area contributed by atoms with E-state index in [9.17, 15) is 0 Å². The van der Waals surface area contributed by atoms with E-state index in [2.05, 4.69) is 26.2 Å². The molecular weight excluding hydrogens is 254 g/mol. The fourth-order valence-electron chi connectivity index (χ4n) is 1.58. The van der Waals surface area contributed by atoms with Gasteiger partial charge in [0.05, 0.1) is 23.1 Å². The first-order valence-corrected chi connectivity index (χ1v) is 5.60. The molecule has 1 aromatic carbocycles. The number of para-hydroxylation sites is 1. The van der Waals surface area contributed by atoms with Crippen LogP contribution in [0.5, 0.6) is 0 Å². The van der Waals surface area contributed by atoms with Crippen LogP contribution in [0.3, 0.4) is 0 Å². The van der Waals surface area contributed by atoms with Crippen LogP contribution in [0.2, 0.25) is 0 Å². The molecule has 0 aliphatic rings. The van der Waals surface area contributed by atoms with Crippen LogP contribution in [-0.2, 0) is 0 Å². The Hall–Kier alpha value is -1.29.